The molecule has 0 bridgehead atoms. The third-order valence-electron chi connectivity index (χ3n) is 2.16. The molecule has 1 heterocycles. The number of nitriles is 1. The molecule has 0 saturated carbocycles. The maximum Gasteiger partial charge on any atom is 0.265 e. The Kier molecular flexibility index (Phi) is 6.19. The highest BCUT2D eigenvalue weighted by atomic mass is 79.9. The van der Waals surface area contributed by atoms with Crippen LogP contribution in [0.5, 0.6) is 0 Å². The Morgan fingerprint density at radius 3 is 2.94 bits per heavy atom. The molecule has 1 rings (SSSR count). The predicted molar refractivity (Wildman–Crippen MR) is 70.0 cm³/mol. The molecule has 1 aromatic heterocycles. The van der Waals surface area contributed by atoms with Crippen molar-refractivity contribution in [3.63, 3.8) is 0 Å². The Morgan fingerprint density at radius 2 is 2.41 bits per heavy atom. The molecular formula is C11H13BrN2O2S. The summed E-state index contributed by atoms with van der Waals surface area (Å²) >= 11 is 4.73. The Labute approximate surface area is 113 Å². The second-order valence-corrected chi connectivity index (χ2v) is 5.06. The van der Waals surface area contributed by atoms with E-state index in [0.29, 0.717) is 31.0 Å². The molecule has 0 aromatic carbocycles. The van der Waals surface area contributed by atoms with Gasteiger partial charge in [0.2, 0.25) is 0 Å². The lowest BCUT2D eigenvalue weighted by atomic mass is 10.3. The van der Waals surface area contributed by atoms with E-state index in [4.69, 9.17) is 10.00 Å². The molecule has 0 aliphatic rings. The van der Waals surface area contributed by atoms with E-state index >= 15 is 0 Å². The Bertz CT molecular complexity index is 414. The van der Waals surface area contributed by atoms with Crippen LogP contribution in [0, 0.1) is 11.3 Å². The summed E-state index contributed by atoms with van der Waals surface area (Å²) in [5.41, 5.74) is 0. The molecule has 0 radical (unpaired) electrons. The van der Waals surface area contributed by atoms with Crippen LogP contribution < -0.4 is 0 Å². The van der Waals surface area contributed by atoms with Crippen molar-refractivity contribution in [1.29, 1.82) is 5.26 Å². The van der Waals surface area contributed by atoms with Gasteiger partial charge in [0.15, 0.2) is 0 Å². The Hall–Kier alpha value is -0.900. The zero-order chi connectivity index (χ0) is 12.7. The number of hydrogen-bond donors (Lipinski definition) is 0. The average molecular weight is 317 g/mol. The summed E-state index contributed by atoms with van der Waals surface area (Å²) in [6, 6.07) is 3.89. The van der Waals surface area contributed by atoms with Gasteiger partial charge in [-0.25, -0.2) is 0 Å². The lowest BCUT2D eigenvalue weighted by molar-refractivity contribution is 0.0704. The summed E-state index contributed by atoms with van der Waals surface area (Å²) < 4.78 is 5.76. The minimum Gasteiger partial charge on any atom is -0.383 e. The van der Waals surface area contributed by atoms with E-state index < -0.39 is 0 Å². The van der Waals surface area contributed by atoms with E-state index in [0.717, 1.165) is 4.47 Å². The first-order valence-electron chi connectivity index (χ1n) is 5.09. The van der Waals surface area contributed by atoms with Gasteiger partial charge < -0.3 is 9.64 Å². The maximum atomic E-state index is 12.2. The highest BCUT2D eigenvalue weighted by molar-refractivity contribution is 9.10. The van der Waals surface area contributed by atoms with Gasteiger partial charge in [0.25, 0.3) is 5.91 Å². The third-order valence-corrected chi connectivity index (χ3v) is 3.98. The molecule has 0 unspecified atom stereocenters. The van der Waals surface area contributed by atoms with Crippen molar-refractivity contribution in [3.05, 3.63) is 20.8 Å². The summed E-state index contributed by atoms with van der Waals surface area (Å²) in [5, 5.41) is 10.4. The maximum absolute atomic E-state index is 12.2. The van der Waals surface area contributed by atoms with E-state index in [-0.39, 0.29) is 5.91 Å². The molecule has 0 spiro atoms. The number of halogens is 1. The van der Waals surface area contributed by atoms with Crippen molar-refractivity contribution < 1.29 is 9.53 Å². The van der Waals surface area contributed by atoms with Crippen LogP contribution in [0.3, 0.4) is 0 Å². The molecule has 0 aliphatic carbocycles. The second kappa shape index (κ2) is 7.43. The minimum absolute atomic E-state index is 0.0563. The monoisotopic (exact) mass is 316 g/mol. The van der Waals surface area contributed by atoms with Crippen LogP contribution in [0.15, 0.2) is 15.9 Å². The SMILES string of the molecule is COCCN(CCC#N)C(=O)c1sccc1Br. The van der Waals surface area contributed by atoms with Gasteiger partial charge in [-0.05, 0) is 27.4 Å². The lowest BCUT2D eigenvalue weighted by Gasteiger charge is -2.20. The van der Waals surface area contributed by atoms with Gasteiger partial charge >= 0.3 is 0 Å². The second-order valence-electron chi connectivity index (χ2n) is 3.29. The van der Waals surface area contributed by atoms with E-state index in [1.807, 2.05) is 17.5 Å². The van der Waals surface area contributed by atoms with Gasteiger partial charge in [-0.1, -0.05) is 0 Å². The average Bonchev–Trinajstić information content (AvgIpc) is 2.75. The highest BCUT2D eigenvalue weighted by Crippen LogP contribution is 2.24. The van der Waals surface area contributed by atoms with Crippen molar-refractivity contribution >= 4 is 33.2 Å². The van der Waals surface area contributed by atoms with E-state index in [9.17, 15) is 4.79 Å². The molecule has 0 atom stereocenters. The zero-order valence-corrected chi connectivity index (χ0v) is 11.9. The first-order chi connectivity index (χ1) is 8.20. The number of carbonyl (C=O) groups is 1. The van der Waals surface area contributed by atoms with Crippen molar-refractivity contribution in [2.45, 2.75) is 6.42 Å². The van der Waals surface area contributed by atoms with Crippen LogP contribution in [0.1, 0.15) is 16.1 Å². The van der Waals surface area contributed by atoms with Gasteiger partial charge in [0.1, 0.15) is 4.88 Å². The molecule has 0 saturated heterocycles. The first-order valence-corrected chi connectivity index (χ1v) is 6.76. The number of amides is 1. The van der Waals surface area contributed by atoms with Crippen molar-refractivity contribution in [2.75, 3.05) is 26.8 Å². The van der Waals surface area contributed by atoms with Crippen LogP contribution in [0.25, 0.3) is 0 Å². The molecule has 0 N–H and O–H groups in total. The van der Waals surface area contributed by atoms with E-state index in [1.165, 1.54) is 11.3 Å². The van der Waals surface area contributed by atoms with Gasteiger partial charge in [-0.3, -0.25) is 4.79 Å². The first kappa shape index (κ1) is 14.2. The standard InChI is InChI=1S/C11H13BrN2O2S/c1-16-7-6-14(5-2-4-13)11(15)10-9(12)3-8-17-10/h3,8H,2,5-7H2,1H3. The number of rotatable bonds is 6. The predicted octanol–water partition coefficient (Wildman–Crippen LogP) is 2.51. The smallest absolute Gasteiger partial charge is 0.265 e. The van der Waals surface area contributed by atoms with Crippen LogP contribution in [0.2, 0.25) is 0 Å². The van der Waals surface area contributed by atoms with Crippen LogP contribution in [-0.4, -0.2) is 37.6 Å². The summed E-state index contributed by atoms with van der Waals surface area (Å²) in [4.78, 5) is 14.5. The fourth-order valence-electron chi connectivity index (χ4n) is 1.29. The topological polar surface area (TPSA) is 53.3 Å². The minimum atomic E-state index is -0.0563. The lowest BCUT2D eigenvalue weighted by Crippen LogP contribution is -2.34. The zero-order valence-electron chi connectivity index (χ0n) is 9.48. The normalized spacial score (nSPS) is 9.94. The molecule has 0 aliphatic heterocycles. The number of thiophene rings is 1. The van der Waals surface area contributed by atoms with Crippen molar-refractivity contribution in [1.82, 2.24) is 4.90 Å². The van der Waals surface area contributed by atoms with Crippen LogP contribution in [-0.2, 0) is 4.74 Å². The van der Waals surface area contributed by atoms with E-state index in [1.54, 1.807) is 12.0 Å². The molecule has 92 valence electrons. The van der Waals surface area contributed by atoms with Gasteiger partial charge in [0, 0.05) is 24.7 Å². The quantitative estimate of drug-likeness (QED) is 0.810. The molecular weight excluding hydrogens is 304 g/mol. The number of nitrogens with zero attached hydrogens (tertiary/aromatic N) is 2. The van der Waals surface area contributed by atoms with Gasteiger partial charge in [-0.15, -0.1) is 11.3 Å². The molecule has 6 heteroatoms. The molecule has 0 fully saturated rings. The number of carbonyl (C=O) groups excluding carboxylic acids is 1. The summed E-state index contributed by atoms with van der Waals surface area (Å²) in [7, 11) is 1.59. The third kappa shape index (κ3) is 4.11. The molecule has 4 nitrogen and oxygen atoms in total. The number of methoxy groups -OCH3 is 1. The van der Waals surface area contributed by atoms with Gasteiger partial charge in [0.05, 0.1) is 19.1 Å². The Morgan fingerprint density at radius 1 is 1.65 bits per heavy atom. The molecule has 1 aromatic rings. The summed E-state index contributed by atoms with van der Waals surface area (Å²) in [6.07, 6.45) is 0.332. The van der Waals surface area contributed by atoms with Crippen LogP contribution >= 0.6 is 27.3 Å². The van der Waals surface area contributed by atoms with Crippen molar-refractivity contribution in [2.24, 2.45) is 0 Å². The van der Waals surface area contributed by atoms with E-state index in [2.05, 4.69) is 15.9 Å². The Balaban J connectivity index is 2.72. The summed E-state index contributed by atoms with van der Waals surface area (Å²) in [5.74, 6) is -0.0563. The summed E-state index contributed by atoms with van der Waals surface area (Å²) in [6.45, 7) is 1.41. The van der Waals surface area contributed by atoms with Crippen LogP contribution in [0.4, 0.5) is 0 Å². The molecule has 1 amide bonds. The van der Waals surface area contributed by atoms with Gasteiger partial charge in [-0.2, -0.15) is 5.26 Å². The highest BCUT2D eigenvalue weighted by Gasteiger charge is 2.18. The fourth-order valence-corrected chi connectivity index (χ4v) is 2.80. The fraction of sp³-hybridized carbons (Fsp3) is 0.455. The molecule has 17 heavy (non-hydrogen) atoms. The largest absolute Gasteiger partial charge is 0.383 e. The van der Waals surface area contributed by atoms with Crippen molar-refractivity contribution in [3.8, 4) is 6.07 Å². The number of hydrogen-bond acceptors (Lipinski definition) is 4. The number of ether oxygens (including phenoxy) is 1.